The van der Waals surface area contributed by atoms with E-state index in [0.717, 1.165) is 18.2 Å². The Kier molecular flexibility index (Phi) is 4.18. The van der Waals surface area contributed by atoms with Gasteiger partial charge in [-0.25, -0.2) is 4.98 Å². The fraction of sp³-hybridized carbons (Fsp3) is 0.769. The summed E-state index contributed by atoms with van der Waals surface area (Å²) in [5.74, 6) is 1.67. The maximum absolute atomic E-state index is 5.52. The summed E-state index contributed by atoms with van der Waals surface area (Å²) in [4.78, 5) is 6.70. The number of hydrogen-bond acceptors (Lipinski definition) is 4. The number of aryl methyl sites for hydroxylation is 1. The molecule has 0 bridgehead atoms. The Morgan fingerprint density at radius 2 is 2.41 bits per heavy atom. The molecule has 0 aromatic carbocycles. The van der Waals surface area contributed by atoms with Crippen molar-refractivity contribution in [3.05, 3.63) is 17.8 Å². The van der Waals surface area contributed by atoms with E-state index >= 15 is 0 Å². The van der Waals surface area contributed by atoms with E-state index < -0.39 is 0 Å². The summed E-state index contributed by atoms with van der Waals surface area (Å²) in [6.45, 7) is 6.27. The minimum Gasteiger partial charge on any atom is -0.444 e. The highest BCUT2D eigenvalue weighted by atomic mass is 16.4. The highest BCUT2D eigenvalue weighted by molar-refractivity contribution is 4.95. The van der Waals surface area contributed by atoms with Crippen molar-refractivity contribution in [1.82, 2.24) is 15.2 Å². The van der Waals surface area contributed by atoms with E-state index in [-0.39, 0.29) is 6.04 Å². The molecule has 1 aliphatic rings. The lowest BCUT2D eigenvalue weighted by molar-refractivity contribution is 0.176. The number of nitrogens with zero attached hydrogens (tertiary/aromatic N) is 2. The van der Waals surface area contributed by atoms with Gasteiger partial charge in [-0.15, -0.1) is 0 Å². The number of rotatable bonds is 4. The lowest BCUT2D eigenvalue weighted by atomic mass is 10.0. The summed E-state index contributed by atoms with van der Waals surface area (Å²) in [6, 6.07) is 0.848. The van der Waals surface area contributed by atoms with Crippen molar-refractivity contribution < 1.29 is 4.42 Å². The van der Waals surface area contributed by atoms with Crippen molar-refractivity contribution in [2.45, 2.75) is 45.2 Å². The van der Waals surface area contributed by atoms with Gasteiger partial charge >= 0.3 is 0 Å². The zero-order valence-electron chi connectivity index (χ0n) is 11.1. The third-order valence-electron chi connectivity index (χ3n) is 3.59. The Labute approximate surface area is 103 Å². The van der Waals surface area contributed by atoms with Crippen molar-refractivity contribution in [2.75, 3.05) is 20.1 Å². The summed E-state index contributed by atoms with van der Waals surface area (Å²) in [5.41, 5.74) is 0. The Bertz CT molecular complexity index is 350. The SMILES string of the molecule is Cc1cnc(C(C)NCC2CCCCN2C)o1. The van der Waals surface area contributed by atoms with Gasteiger partial charge in [0.1, 0.15) is 5.76 Å². The topological polar surface area (TPSA) is 41.3 Å². The smallest absolute Gasteiger partial charge is 0.211 e. The monoisotopic (exact) mass is 237 g/mol. The molecule has 1 aliphatic heterocycles. The first kappa shape index (κ1) is 12.6. The molecule has 0 radical (unpaired) electrons. The number of hydrogen-bond donors (Lipinski definition) is 1. The second-order valence-corrected chi connectivity index (χ2v) is 5.07. The molecule has 0 spiro atoms. The minimum absolute atomic E-state index is 0.194. The molecule has 17 heavy (non-hydrogen) atoms. The van der Waals surface area contributed by atoms with Crippen molar-refractivity contribution >= 4 is 0 Å². The molecular formula is C13H23N3O. The van der Waals surface area contributed by atoms with E-state index in [0.29, 0.717) is 6.04 Å². The Morgan fingerprint density at radius 1 is 1.59 bits per heavy atom. The zero-order chi connectivity index (χ0) is 12.3. The van der Waals surface area contributed by atoms with Crippen molar-refractivity contribution in [2.24, 2.45) is 0 Å². The van der Waals surface area contributed by atoms with Crippen LogP contribution in [0.25, 0.3) is 0 Å². The molecule has 1 aromatic rings. The van der Waals surface area contributed by atoms with E-state index in [2.05, 4.69) is 29.2 Å². The number of nitrogens with one attached hydrogen (secondary N) is 1. The lowest BCUT2D eigenvalue weighted by Gasteiger charge is -2.33. The number of oxazole rings is 1. The first-order valence-electron chi connectivity index (χ1n) is 6.53. The van der Waals surface area contributed by atoms with Gasteiger partial charge in [0.25, 0.3) is 0 Å². The van der Waals surface area contributed by atoms with Crippen LogP contribution < -0.4 is 5.32 Å². The van der Waals surface area contributed by atoms with Crippen LogP contribution in [-0.2, 0) is 0 Å². The molecule has 2 atom stereocenters. The van der Waals surface area contributed by atoms with Gasteiger partial charge in [0.15, 0.2) is 0 Å². The first-order chi connectivity index (χ1) is 8.16. The summed E-state index contributed by atoms with van der Waals surface area (Å²) >= 11 is 0. The van der Waals surface area contributed by atoms with Crippen LogP contribution in [0.4, 0.5) is 0 Å². The summed E-state index contributed by atoms with van der Waals surface area (Å²) in [7, 11) is 2.21. The van der Waals surface area contributed by atoms with Crippen LogP contribution in [-0.4, -0.2) is 36.1 Å². The van der Waals surface area contributed by atoms with Crippen molar-refractivity contribution in [1.29, 1.82) is 0 Å². The third kappa shape index (κ3) is 3.30. The molecule has 0 amide bonds. The highest BCUT2D eigenvalue weighted by Crippen LogP contribution is 2.16. The average molecular weight is 237 g/mol. The fourth-order valence-corrected chi connectivity index (χ4v) is 2.37. The van der Waals surface area contributed by atoms with Crippen LogP contribution >= 0.6 is 0 Å². The number of piperidine rings is 1. The maximum Gasteiger partial charge on any atom is 0.211 e. The molecule has 0 aliphatic carbocycles. The highest BCUT2D eigenvalue weighted by Gasteiger charge is 2.20. The molecule has 4 heteroatoms. The molecule has 1 aromatic heterocycles. The van der Waals surface area contributed by atoms with Crippen LogP contribution in [0.5, 0.6) is 0 Å². The van der Waals surface area contributed by atoms with Gasteiger partial charge in [-0.1, -0.05) is 6.42 Å². The quantitative estimate of drug-likeness (QED) is 0.871. The molecular weight excluding hydrogens is 214 g/mol. The lowest BCUT2D eigenvalue weighted by Crippen LogP contribution is -2.43. The second-order valence-electron chi connectivity index (χ2n) is 5.07. The summed E-state index contributed by atoms with van der Waals surface area (Å²) in [5, 5.41) is 3.51. The average Bonchev–Trinajstić information content (AvgIpc) is 2.74. The molecule has 2 heterocycles. The maximum atomic E-state index is 5.52. The van der Waals surface area contributed by atoms with Crippen LogP contribution in [0.2, 0.25) is 0 Å². The molecule has 1 fully saturated rings. The van der Waals surface area contributed by atoms with Gasteiger partial charge in [0, 0.05) is 12.6 Å². The molecule has 0 saturated carbocycles. The normalized spacial score (nSPS) is 23.8. The largest absolute Gasteiger partial charge is 0.444 e. The summed E-state index contributed by atoms with van der Waals surface area (Å²) < 4.78 is 5.52. The van der Waals surface area contributed by atoms with Gasteiger partial charge in [0.05, 0.1) is 12.2 Å². The van der Waals surface area contributed by atoms with Gasteiger partial charge in [-0.05, 0) is 40.3 Å². The molecule has 2 rings (SSSR count). The number of likely N-dealkylation sites (tertiary alicyclic amines) is 1. The summed E-state index contributed by atoms with van der Waals surface area (Å²) in [6.07, 6.45) is 5.76. The molecule has 1 N–H and O–H groups in total. The van der Waals surface area contributed by atoms with Crippen LogP contribution in [0.15, 0.2) is 10.6 Å². The van der Waals surface area contributed by atoms with Gasteiger partial charge in [-0.2, -0.15) is 0 Å². The number of likely N-dealkylation sites (N-methyl/N-ethyl adjacent to an activating group) is 1. The van der Waals surface area contributed by atoms with E-state index in [1.54, 1.807) is 6.20 Å². The third-order valence-corrected chi connectivity index (χ3v) is 3.59. The van der Waals surface area contributed by atoms with Crippen LogP contribution in [0.1, 0.15) is 43.9 Å². The van der Waals surface area contributed by atoms with Gasteiger partial charge in [-0.3, -0.25) is 0 Å². The van der Waals surface area contributed by atoms with E-state index in [1.165, 1.54) is 25.8 Å². The minimum atomic E-state index is 0.194. The second kappa shape index (κ2) is 5.65. The zero-order valence-corrected chi connectivity index (χ0v) is 11.1. The van der Waals surface area contributed by atoms with Gasteiger partial charge < -0.3 is 14.6 Å². The standard InChI is InChI=1S/C13H23N3O/c1-10-8-15-13(17-10)11(2)14-9-12-6-4-5-7-16(12)3/h8,11-12,14H,4-7,9H2,1-3H3. The van der Waals surface area contributed by atoms with E-state index in [4.69, 9.17) is 4.42 Å². The Morgan fingerprint density at radius 3 is 3.06 bits per heavy atom. The number of aromatic nitrogens is 1. The van der Waals surface area contributed by atoms with E-state index in [1.807, 2.05) is 6.92 Å². The fourth-order valence-electron chi connectivity index (χ4n) is 2.37. The molecule has 96 valence electrons. The van der Waals surface area contributed by atoms with Crippen molar-refractivity contribution in [3.63, 3.8) is 0 Å². The van der Waals surface area contributed by atoms with E-state index in [9.17, 15) is 0 Å². The molecule has 2 unspecified atom stereocenters. The van der Waals surface area contributed by atoms with Crippen LogP contribution in [0.3, 0.4) is 0 Å². The Balaban J connectivity index is 1.81. The molecule has 1 saturated heterocycles. The predicted molar refractivity (Wildman–Crippen MR) is 67.9 cm³/mol. The van der Waals surface area contributed by atoms with Gasteiger partial charge in [0.2, 0.25) is 5.89 Å². The first-order valence-corrected chi connectivity index (χ1v) is 6.53. The predicted octanol–water partition coefficient (Wildman–Crippen LogP) is 2.12. The van der Waals surface area contributed by atoms with Crippen molar-refractivity contribution in [3.8, 4) is 0 Å². The Hall–Kier alpha value is -0.870. The van der Waals surface area contributed by atoms with Crippen LogP contribution in [0, 0.1) is 6.92 Å². The molecule has 4 nitrogen and oxygen atoms in total.